The summed E-state index contributed by atoms with van der Waals surface area (Å²) in [5, 5.41) is 26.7. The molecule has 3 fully saturated rings. The molecule has 1 amide bonds. The van der Waals surface area contributed by atoms with Crippen LogP contribution >= 0.6 is 0 Å². The molecule has 3 aliphatic rings. The number of anilines is 1. The number of nitrogens with zero attached hydrogens (tertiary/aromatic N) is 2. The summed E-state index contributed by atoms with van der Waals surface area (Å²) in [5.74, 6) is -2.81. The lowest BCUT2D eigenvalue weighted by atomic mass is 9.77. The van der Waals surface area contributed by atoms with Gasteiger partial charge in [-0.15, -0.1) is 0 Å². The van der Waals surface area contributed by atoms with Gasteiger partial charge in [-0.2, -0.15) is 0 Å². The number of hydrogen-bond donors (Lipinski definition) is 3. The van der Waals surface area contributed by atoms with Gasteiger partial charge in [-0.05, 0) is 106 Å². The van der Waals surface area contributed by atoms with Gasteiger partial charge in [0.25, 0.3) is 0 Å². The molecular formula is C39H63N3O11. The molecule has 0 aromatic heterocycles. The van der Waals surface area contributed by atoms with Crippen LogP contribution in [-0.2, 0) is 33.2 Å². The number of fused-ring (bicyclic) bond motifs is 1. The smallest absolute Gasteiger partial charge is 0.458 e. The Morgan fingerprint density at radius 1 is 1.11 bits per heavy atom. The van der Waals surface area contributed by atoms with Crippen LogP contribution in [0.2, 0.25) is 0 Å². The third-order valence-electron chi connectivity index (χ3n) is 11.4. The summed E-state index contributed by atoms with van der Waals surface area (Å²) in [4.78, 5) is 44.5. The molecule has 3 heterocycles. The number of hydrogen-bond acceptors (Lipinski definition) is 13. The fraction of sp³-hybridized carbons (Fsp3) is 0.769. The van der Waals surface area contributed by atoms with Crippen LogP contribution in [0, 0.1) is 24.7 Å². The summed E-state index contributed by atoms with van der Waals surface area (Å²) in [6, 6.07) is 6.55. The van der Waals surface area contributed by atoms with Gasteiger partial charge in [0, 0.05) is 30.2 Å². The monoisotopic (exact) mass is 749 g/mol. The molecule has 0 bridgehead atoms. The average molecular weight is 750 g/mol. The molecule has 3 saturated heterocycles. The zero-order valence-corrected chi connectivity index (χ0v) is 33.5. The normalized spacial score (nSPS) is 40.6. The van der Waals surface area contributed by atoms with Crippen molar-refractivity contribution < 1.29 is 53.0 Å². The Morgan fingerprint density at radius 2 is 1.79 bits per heavy atom. The van der Waals surface area contributed by atoms with E-state index in [1.165, 1.54) is 0 Å². The van der Waals surface area contributed by atoms with E-state index >= 15 is 0 Å². The topological polar surface area (TPSA) is 166 Å². The van der Waals surface area contributed by atoms with Gasteiger partial charge in [0.2, 0.25) is 0 Å². The summed E-state index contributed by atoms with van der Waals surface area (Å²) in [7, 11) is 5.65. The maximum Gasteiger partial charge on any atom is 0.509 e. The molecular weight excluding hydrogens is 686 g/mol. The van der Waals surface area contributed by atoms with Crippen molar-refractivity contribution in [3.8, 4) is 0 Å². The Labute approximate surface area is 314 Å². The maximum absolute atomic E-state index is 14.2. The average Bonchev–Trinajstić information content (AvgIpc) is 3.38. The predicted molar refractivity (Wildman–Crippen MR) is 197 cm³/mol. The molecule has 14 nitrogen and oxygen atoms in total. The lowest BCUT2D eigenvalue weighted by Crippen LogP contribution is -2.59. The van der Waals surface area contributed by atoms with Crippen LogP contribution in [0.4, 0.5) is 15.3 Å². The van der Waals surface area contributed by atoms with Crippen molar-refractivity contribution >= 4 is 23.9 Å². The molecule has 0 unspecified atom stereocenters. The van der Waals surface area contributed by atoms with E-state index in [9.17, 15) is 24.6 Å². The number of aryl methyl sites for hydroxylation is 1. The van der Waals surface area contributed by atoms with E-state index in [4.69, 9.17) is 28.4 Å². The molecule has 0 radical (unpaired) electrons. The Bertz CT molecular complexity index is 1430. The second-order valence-electron chi connectivity index (χ2n) is 16.4. The molecule has 53 heavy (non-hydrogen) atoms. The van der Waals surface area contributed by atoms with Crippen LogP contribution in [0.3, 0.4) is 0 Å². The Morgan fingerprint density at radius 3 is 2.42 bits per heavy atom. The number of amides is 1. The highest BCUT2D eigenvalue weighted by atomic mass is 16.8. The van der Waals surface area contributed by atoms with E-state index in [-0.39, 0.29) is 30.5 Å². The standard InChI is InChI=1S/C39H63N3O11/c1-13-29-39(9)33(52-37(46)53-39)26(7)42(12)20-22(3)19-38(8,47)32(51-35-30(43)28(41(10)11)18-23(4)48-35)24(5)31(25(6)34(44)49-29)50-36(45)40-27-16-14-15-21(2)17-27/h14-17,22-26,28-33,35,43,47H,13,18-20H2,1-12H3,(H,40,45)/t22-,23-,24+,25-,26-,28+,29-,30-,31+,32-,33-,35+,38-,39-/m1/s1. The first-order valence-electron chi connectivity index (χ1n) is 18.9. The molecule has 3 aliphatic heterocycles. The van der Waals surface area contributed by atoms with Crippen LogP contribution in [0.5, 0.6) is 0 Å². The third-order valence-corrected chi connectivity index (χ3v) is 11.4. The molecule has 0 aliphatic carbocycles. The maximum atomic E-state index is 14.2. The molecule has 4 rings (SSSR count). The number of cyclic esters (lactones) is 1. The van der Waals surface area contributed by atoms with Gasteiger partial charge in [0.15, 0.2) is 18.0 Å². The Balaban J connectivity index is 1.80. The number of likely N-dealkylation sites (N-methyl/N-ethyl adjacent to an activating group) is 2. The molecule has 3 N–H and O–H groups in total. The number of esters is 1. The molecule has 0 spiro atoms. The van der Waals surface area contributed by atoms with Gasteiger partial charge in [-0.1, -0.05) is 32.9 Å². The number of carbonyl (C=O) groups is 3. The van der Waals surface area contributed by atoms with Crippen LogP contribution in [0.1, 0.15) is 80.2 Å². The molecule has 1 aromatic carbocycles. The molecule has 14 heteroatoms. The number of aliphatic hydroxyl groups excluding tert-OH is 1. The minimum Gasteiger partial charge on any atom is -0.458 e. The van der Waals surface area contributed by atoms with Gasteiger partial charge in [0.05, 0.1) is 23.7 Å². The summed E-state index contributed by atoms with van der Waals surface area (Å²) in [6.45, 7) is 16.7. The van der Waals surface area contributed by atoms with Crippen molar-refractivity contribution in [3.63, 3.8) is 0 Å². The SMILES string of the molecule is CC[C@H]1OC(=O)[C@H](C)[C@@H](OC(=O)Nc2cccc(C)c2)[C@H](C)[C@@H](O[C@@H]2O[C@H](C)C[C@H](N(C)C)[C@H]2O)[C@](C)(O)C[C@@H](C)CN(C)[C@H](C)[C@H]2OC(=O)O[C@@]21C. The van der Waals surface area contributed by atoms with E-state index < -0.39 is 78.1 Å². The van der Waals surface area contributed by atoms with Crippen molar-refractivity contribution in [2.24, 2.45) is 17.8 Å². The van der Waals surface area contributed by atoms with Crippen LogP contribution < -0.4 is 5.32 Å². The minimum atomic E-state index is -1.60. The first-order chi connectivity index (χ1) is 24.7. The summed E-state index contributed by atoms with van der Waals surface area (Å²) < 4.78 is 36.6. The number of benzene rings is 1. The molecule has 1 aromatic rings. The van der Waals surface area contributed by atoms with E-state index in [1.807, 2.05) is 71.6 Å². The number of rotatable bonds is 6. The highest BCUT2D eigenvalue weighted by molar-refractivity contribution is 5.85. The molecule has 0 saturated carbocycles. The summed E-state index contributed by atoms with van der Waals surface area (Å²) in [6.07, 6.45) is -7.07. The second kappa shape index (κ2) is 17.2. The summed E-state index contributed by atoms with van der Waals surface area (Å²) >= 11 is 0. The quantitative estimate of drug-likeness (QED) is 0.271. The van der Waals surface area contributed by atoms with Crippen LogP contribution in [0.25, 0.3) is 0 Å². The van der Waals surface area contributed by atoms with E-state index in [0.29, 0.717) is 25.1 Å². The highest BCUT2D eigenvalue weighted by Gasteiger charge is 2.58. The Kier molecular flexibility index (Phi) is 13.9. The Hall–Kier alpha value is -3.01. The van der Waals surface area contributed by atoms with Gasteiger partial charge in [-0.3, -0.25) is 15.0 Å². The third kappa shape index (κ3) is 9.81. The van der Waals surface area contributed by atoms with Crippen LogP contribution in [0.15, 0.2) is 24.3 Å². The van der Waals surface area contributed by atoms with E-state index in [0.717, 1.165) is 5.56 Å². The first kappa shape index (κ1) is 42.7. The van der Waals surface area contributed by atoms with Gasteiger partial charge < -0.3 is 43.5 Å². The summed E-state index contributed by atoms with van der Waals surface area (Å²) in [5.41, 5.74) is -1.50. The second-order valence-corrected chi connectivity index (χ2v) is 16.4. The van der Waals surface area contributed by atoms with Crippen molar-refractivity contribution in [3.05, 3.63) is 29.8 Å². The number of carbonyl (C=O) groups excluding carboxylic acids is 3. The zero-order chi connectivity index (χ0) is 39.6. The highest BCUT2D eigenvalue weighted by Crippen LogP contribution is 2.40. The van der Waals surface area contributed by atoms with Gasteiger partial charge >= 0.3 is 18.2 Å². The van der Waals surface area contributed by atoms with Gasteiger partial charge in [-0.25, -0.2) is 9.59 Å². The fourth-order valence-electron chi connectivity index (χ4n) is 8.54. The van der Waals surface area contributed by atoms with Crippen LogP contribution in [-0.4, -0.2) is 132 Å². The van der Waals surface area contributed by atoms with Crippen molar-refractivity contribution in [2.75, 3.05) is 33.0 Å². The molecule has 14 atom stereocenters. The van der Waals surface area contributed by atoms with E-state index in [1.54, 1.807) is 45.9 Å². The molecule has 300 valence electrons. The van der Waals surface area contributed by atoms with E-state index in [2.05, 4.69) is 5.32 Å². The largest absolute Gasteiger partial charge is 0.509 e. The zero-order valence-electron chi connectivity index (χ0n) is 33.5. The van der Waals surface area contributed by atoms with Crippen molar-refractivity contribution in [1.82, 2.24) is 9.80 Å². The minimum absolute atomic E-state index is 0.142. The van der Waals surface area contributed by atoms with Crippen molar-refractivity contribution in [1.29, 1.82) is 0 Å². The van der Waals surface area contributed by atoms with Gasteiger partial charge in [0.1, 0.15) is 18.3 Å². The number of aliphatic hydroxyl groups is 2. The predicted octanol–water partition coefficient (Wildman–Crippen LogP) is 4.72. The number of ether oxygens (including phenoxy) is 6. The van der Waals surface area contributed by atoms with Crippen molar-refractivity contribution in [2.45, 2.75) is 148 Å². The fourth-order valence-corrected chi connectivity index (χ4v) is 8.54. The lowest BCUT2D eigenvalue weighted by molar-refractivity contribution is -0.299. The number of nitrogens with one attached hydrogen (secondary N) is 1. The lowest BCUT2D eigenvalue weighted by Gasteiger charge is -2.47. The first-order valence-corrected chi connectivity index (χ1v) is 18.9.